The molecule has 4 aromatic rings. The normalized spacial score (nSPS) is 11.3. The van der Waals surface area contributed by atoms with Crippen LogP contribution in [-0.2, 0) is 29.1 Å². The fourth-order valence-corrected chi connectivity index (χ4v) is 4.12. The van der Waals surface area contributed by atoms with Crippen molar-refractivity contribution in [2.45, 2.75) is 19.4 Å². The molecule has 47 heavy (non-hydrogen) atoms. The van der Waals surface area contributed by atoms with Crippen LogP contribution >= 0.6 is 0 Å². The molecule has 4 rings (SSSR count). The summed E-state index contributed by atoms with van der Waals surface area (Å²) in [5, 5.41) is 25.6. The van der Waals surface area contributed by atoms with E-state index in [2.05, 4.69) is 20.0 Å². The van der Waals surface area contributed by atoms with Crippen LogP contribution in [0.3, 0.4) is 0 Å². The molecule has 4 aromatic carbocycles. The predicted molar refractivity (Wildman–Crippen MR) is 164 cm³/mol. The molecule has 0 radical (unpaired) electrons. The van der Waals surface area contributed by atoms with Crippen molar-refractivity contribution >= 4 is 11.4 Å². The van der Waals surface area contributed by atoms with Gasteiger partial charge in [0.2, 0.25) is 0 Å². The molecule has 9 nitrogen and oxygen atoms in total. The van der Waals surface area contributed by atoms with Crippen molar-refractivity contribution in [1.82, 2.24) is 0 Å². The Bertz CT molecular complexity index is 1800. The molecule has 0 saturated carbocycles. The lowest BCUT2D eigenvalue weighted by molar-refractivity contribution is -0.139. The van der Waals surface area contributed by atoms with Gasteiger partial charge >= 0.3 is 6.18 Å². The average Bonchev–Trinajstić information content (AvgIpc) is 3.08. The molecule has 0 saturated heterocycles. The van der Waals surface area contributed by atoms with Gasteiger partial charge in [-0.3, -0.25) is 0 Å². The molecule has 0 aliphatic heterocycles. The number of hydrogen-bond donors (Lipinski definition) is 0. The second-order valence-corrected chi connectivity index (χ2v) is 9.13. The van der Waals surface area contributed by atoms with E-state index in [9.17, 15) is 17.6 Å². The van der Waals surface area contributed by atoms with E-state index >= 15 is 0 Å². The molecular formula is C34H28F4N4O5. The maximum Gasteiger partial charge on any atom is 0.419 e. The average molecular weight is 649 g/mol. The summed E-state index contributed by atoms with van der Waals surface area (Å²) in [4.78, 5) is 9.27. The van der Waals surface area contributed by atoms with Crippen LogP contribution in [-0.4, -0.2) is 32.8 Å². The molecule has 0 aliphatic rings. The Morgan fingerprint density at radius 2 is 1.15 bits per heavy atom. The highest BCUT2D eigenvalue weighted by atomic mass is 19.4. The number of nitrogens with zero attached hydrogens (tertiary/aromatic N) is 4. The highest BCUT2D eigenvalue weighted by Crippen LogP contribution is 2.36. The highest BCUT2D eigenvalue weighted by Gasteiger charge is 2.34. The van der Waals surface area contributed by atoms with E-state index in [0.29, 0.717) is 28.0 Å². The van der Waals surface area contributed by atoms with Gasteiger partial charge in [-0.25, -0.2) is 4.39 Å². The van der Waals surface area contributed by atoms with E-state index in [4.69, 9.17) is 24.7 Å². The van der Waals surface area contributed by atoms with Gasteiger partial charge < -0.3 is 23.9 Å². The number of para-hydroxylation sites is 2. The molecule has 0 unspecified atom stereocenters. The number of oxime groups is 2. The monoisotopic (exact) mass is 648 g/mol. The first-order chi connectivity index (χ1) is 22.7. The first kappa shape index (κ1) is 35.4. The summed E-state index contributed by atoms with van der Waals surface area (Å²) >= 11 is 0. The number of hydrogen-bond acceptors (Lipinski definition) is 9. The third-order valence-electron chi connectivity index (χ3n) is 6.22. The Kier molecular flexibility index (Phi) is 13.1. The van der Waals surface area contributed by atoms with Crippen LogP contribution in [0.4, 0.5) is 17.6 Å². The molecule has 0 aromatic heterocycles. The van der Waals surface area contributed by atoms with Crippen LogP contribution in [0.25, 0.3) is 0 Å². The van der Waals surface area contributed by atoms with Gasteiger partial charge in [-0.2, -0.15) is 23.7 Å². The van der Waals surface area contributed by atoms with E-state index < -0.39 is 17.6 Å². The molecule has 242 valence electrons. The molecule has 0 aliphatic carbocycles. The summed E-state index contributed by atoms with van der Waals surface area (Å²) in [6.07, 6.45) is -4.51. The van der Waals surface area contributed by atoms with Crippen LogP contribution in [0.5, 0.6) is 17.2 Å². The van der Waals surface area contributed by atoms with Gasteiger partial charge in [-0.1, -0.05) is 77.0 Å². The zero-order valence-corrected chi connectivity index (χ0v) is 25.4. The van der Waals surface area contributed by atoms with Gasteiger partial charge in [0.15, 0.2) is 28.7 Å². The fourth-order valence-electron chi connectivity index (χ4n) is 4.12. The molecular weight excluding hydrogens is 620 g/mol. The van der Waals surface area contributed by atoms with Crippen molar-refractivity contribution < 1.29 is 41.4 Å². The predicted octanol–water partition coefficient (Wildman–Crippen LogP) is 7.45. The Hall–Kier alpha value is -6.08. The smallest absolute Gasteiger partial charge is 0.419 e. The number of alkyl halides is 3. The Morgan fingerprint density at radius 1 is 0.660 bits per heavy atom. The molecule has 0 fully saturated rings. The van der Waals surface area contributed by atoms with Crippen molar-refractivity contribution in [1.29, 1.82) is 10.5 Å². The third kappa shape index (κ3) is 9.70. The first-order valence-corrected chi connectivity index (χ1v) is 13.6. The summed E-state index contributed by atoms with van der Waals surface area (Å²) in [7, 11) is 4.10. The van der Waals surface area contributed by atoms with E-state index in [1.54, 1.807) is 54.6 Å². The largest absolute Gasteiger partial charge is 0.493 e. The van der Waals surface area contributed by atoms with Crippen molar-refractivity contribution in [3.8, 4) is 29.4 Å². The number of nitriles is 2. The minimum absolute atomic E-state index is 0.0146. The molecule has 0 heterocycles. The van der Waals surface area contributed by atoms with Gasteiger partial charge in [0.05, 0.1) is 12.7 Å². The van der Waals surface area contributed by atoms with Gasteiger partial charge in [0.1, 0.15) is 45.3 Å². The van der Waals surface area contributed by atoms with E-state index in [1.165, 1.54) is 51.7 Å². The minimum atomic E-state index is -4.51. The number of methoxy groups -OCH3 is 1. The van der Waals surface area contributed by atoms with Gasteiger partial charge in [-0.15, -0.1) is 0 Å². The zero-order valence-electron chi connectivity index (χ0n) is 25.4. The van der Waals surface area contributed by atoms with Gasteiger partial charge in [-0.05, 0) is 35.4 Å². The minimum Gasteiger partial charge on any atom is -0.493 e. The highest BCUT2D eigenvalue weighted by molar-refractivity contribution is 6.12. The number of benzene rings is 4. The van der Waals surface area contributed by atoms with Gasteiger partial charge in [0.25, 0.3) is 0 Å². The van der Waals surface area contributed by atoms with Crippen LogP contribution in [0, 0.1) is 28.5 Å². The first-order valence-electron chi connectivity index (χ1n) is 13.6. The van der Waals surface area contributed by atoms with E-state index in [1.807, 2.05) is 12.1 Å². The fraction of sp³-hybridized carbons (Fsp3) is 0.176. The van der Waals surface area contributed by atoms with Crippen LogP contribution in [0.2, 0.25) is 0 Å². The second-order valence-electron chi connectivity index (χ2n) is 9.13. The van der Waals surface area contributed by atoms with Crippen LogP contribution in [0.15, 0.2) is 101 Å². The SMILES string of the molecule is CO/N=C(/C#N)c1ccccc1COc1c(F)cccc1OC.CO/N=C(/C#N)c1ccccc1COc1ccccc1C(F)(F)F. The summed E-state index contributed by atoms with van der Waals surface area (Å²) in [6.45, 7) is -0.0917. The summed E-state index contributed by atoms with van der Waals surface area (Å²) in [5.41, 5.74) is 1.47. The maximum atomic E-state index is 13.9. The molecule has 0 bridgehead atoms. The van der Waals surface area contributed by atoms with Crippen LogP contribution < -0.4 is 14.2 Å². The van der Waals surface area contributed by atoms with Gasteiger partial charge in [0, 0.05) is 11.1 Å². The van der Waals surface area contributed by atoms with E-state index in [-0.39, 0.29) is 36.1 Å². The standard InChI is InChI=1S/C17H13F3N2O2.C17H15FN2O3/c1-23-22-15(10-21)13-7-3-2-6-12(13)11-24-16-9-5-4-8-14(16)17(18,19)20;1-21-16-9-5-8-14(18)17(16)23-11-12-6-3-4-7-13(12)15(10-19)20-22-2/h2-9H,11H2,1H3;3-9H,11H2,1-2H3/b22-15-;20-15-. The topological polar surface area (TPSA) is 118 Å². The Balaban J connectivity index is 0.000000256. The molecule has 0 amide bonds. The molecule has 13 heteroatoms. The maximum absolute atomic E-state index is 13.9. The Labute approximate surface area is 268 Å². The molecule has 0 atom stereocenters. The van der Waals surface area contributed by atoms with E-state index in [0.717, 1.165) is 6.07 Å². The van der Waals surface area contributed by atoms with Crippen molar-refractivity contribution in [2.75, 3.05) is 21.3 Å². The lowest BCUT2D eigenvalue weighted by Crippen LogP contribution is -2.10. The van der Waals surface area contributed by atoms with Crippen molar-refractivity contribution in [3.05, 3.63) is 125 Å². The zero-order chi connectivity index (χ0) is 34.2. The number of ether oxygens (including phenoxy) is 3. The number of rotatable bonds is 11. The van der Waals surface area contributed by atoms with Crippen molar-refractivity contribution in [3.63, 3.8) is 0 Å². The summed E-state index contributed by atoms with van der Waals surface area (Å²) in [6, 6.07) is 26.9. The lowest BCUT2D eigenvalue weighted by Gasteiger charge is -2.14. The summed E-state index contributed by atoms with van der Waals surface area (Å²) < 4.78 is 68.8. The molecule has 0 spiro atoms. The number of halogens is 4. The third-order valence-corrected chi connectivity index (χ3v) is 6.22. The van der Waals surface area contributed by atoms with Crippen molar-refractivity contribution in [2.24, 2.45) is 10.3 Å². The molecule has 0 N–H and O–H groups in total. The second kappa shape index (κ2) is 17.4. The quantitative estimate of drug-likeness (QED) is 0.0942. The Morgan fingerprint density at radius 3 is 1.66 bits per heavy atom. The summed E-state index contributed by atoms with van der Waals surface area (Å²) in [5.74, 6) is -0.476. The lowest BCUT2D eigenvalue weighted by atomic mass is 10.0. The van der Waals surface area contributed by atoms with Crippen LogP contribution in [0.1, 0.15) is 27.8 Å².